The van der Waals surface area contributed by atoms with E-state index in [0.29, 0.717) is 17.4 Å². The van der Waals surface area contributed by atoms with E-state index in [1.54, 1.807) is 41.3 Å². The molecule has 0 aliphatic carbocycles. The number of hydrogen-bond acceptors (Lipinski definition) is 6. The monoisotopic (exact) mass is 398 g/mol. The number of nitrogens with zero attached hydrogens (tertiary/aromatic N) is 3. The van der Waals surface area contributed by atoms with Crippen LogP contribution >= 0.6 is 0 Å². The van der Waals surface area contributed by atoms with Crippen LogP contribution in [0.2, 0.25) is 0 Å². The van der Waals surface area contributed by atoms with Gasteiger partial charge >= 0.3 is 0 Å². The molecule has 2 heterocycles. The lowest BCUT2D eigenvalue weighted by molar-refractivity contribution is 0.402. The third-order valence-corrected chi connectivity index (χ3v) is 5.74. The van der Waals surface area contributed by atoms with Gasteiger partial charge < -0.3 is 9.26 Å². The topological polar surface area (TPSA) is 99.3 Å². The zero-order valence-electron chi connectivity index (χ0n) is 15.3. The fraction of sp³-hybridized carbons (Fsp3) is 0.158. The summed E-state index contributed by atoms with van der Waals surface area (Å²) in [6.45, 7) is 1.95. The second-order valence-electron chi connectivity index (χ2n) is 6.11. The number of hydrogen-bond donors (Lipinski definition) is 1. The maximum Gasteiger partial charge on any atom is 0.266 e. The molecule has 0 unspecified atom stereocenters. The smallest absolute Gasteiger partial charge is 0.266 e. The number of rotatable bonds is 6. The van der Waals surface area contributed by atoms with E-state index in [-0.39, 0.29) is 16.5 Å². The van der Waals surface area contributed by atoms with Crippen molar-refractivity contribution in [3.05, 3.63) is 60.4 Å². The number of nitrogens with one attached hydrogen (secondary N) is 1. The van der Waals surface area contributed by atoms with E-state index in [2.05, 4.69) is 15.0 Å². The van der Waals surface area contributed by atoms with Gasteiger partial charge in [0.05, 0.1) is 18.2 Å². The van der Waals surface area contributed by atoms with Crippen molar-refractivity contribution < 1.29 is 17.7 Å². The zero-order valence-corrected chi connectivity index (χ0v) is 16.1. The van der Waals surface area contributed by atoms with Crippen LogP contribution in [0.25, 0.3) is 16.7 Å². The normalized spacial score (nSPS) is 11.6. The molecule has 2 aromatic carbocycles. The van der Waals surface area contributed by atoms with E-state index in [1.165, 1.54) is 7.11 Å². The minimum Gasteiger partial charge on any atom is -0.495 e. The molecule has 0 spiro atoms. The molecule has 4 rings (SSSR count). The number of aromatic nitrogens is 3. The summed E-state index contributed by atoms with van der Waals surface area (Å²) in [5.74, 6) is 0.379. The molecule has 0 fully saturated rings. The summed E-state index contributed by atoms with van der Waals surface area (Å²) in [4.78, 5) is 0.0543. The Morgan fingerprint density at radius 3 is 2.79 bits per heavy atom. The lowest BCUT2D eigenvalue weighted by Gasteiger charge is -2.11. The maximum absolute atomic E-state index is 13.0. The average molecular weight is 398 g/mol. The minimum absolute atomic E-state index is 0.0543. The Balaban J connectivity index is 1.71. The summed E-state index contributed by atoms with van der Waals surface area (Å²) >= 11 is 0. The van der Waals surface area contributed by atoms with Gasteiger partial charge in [0.15, 0.2) is 11.4 Å². The van der Waals surface area contributed by atoms with Gasteiger partial charge in [-0.05, 0) is 42.3 Å². The highest BCUT2D eigenvalue weighted by atomic mass is 32.2. The van der Waals surface area contributed by atoms with Crippen LogP contribution < -0.4 is 9.46 Å². The molecule has 1 N–H and O–H groups in total. The molecule has 0 amide bonds. The number of ether oxygens (including phenoxy) is 1. The van der Waals surface area contributed by atoms with Crippen LogP contribution in [0.5, 0.6) is 5.75 Å². The molecule has 0 radical (unpaired) electrons. The second-order valence-corrected chi connectivity index (χ2v) is 7.76. The SMILES string of the molecule is CCc1ccc(OC)c(S(=O)(=O)Nc2noc3cc(-n4cccn4)ccc23)c1. The average Bonchev–Trinajstić information content (AvgIpc) is 3.37. The van der Waals surface area contributed by atoms with E-state index in [1.807, 2.05) is 25.1 Å². The van der Waals surface area contributed by atoms with Crippen molar-refractivity contribution in [2.45, 2.75) is 18.2 Å². The maximum atomic E-state index is 13.0. The van der Waals surface area contributed by atoms with Crippen LogP contribution in [-0.4, -0.2) is 30.5 Å². The predicted octanol–water partition coefficient (Wildman–Crippen LogP) is 3.39. The fourth-order valence-electron chi connectivity index (χ4n) is 2.90. The van der Waals surface area contributed by atoms with Crippen molar-refractivity contribution >= 4 is 26.8 Å². The number of fused-ring (bicyclic) bond motifs is 1. The first-order chi connectivity index (χ1) is 13.5. The van der Waals surface area contributed by atoms with Crippen LogP contribution in [0.15, 0.2) is 64.3 Å². The highest BCUT2D eigenvalue weighted by Gasteiger charge is 2.23. The van der Waals surface area contributed by atoms with Crippen LogP contribution in [-0.2, 0) is 16.4 Å². The summed E-state index contributed by atoms with van der Waals surface area (Å²) in [5.41, 5.74) is 2.11. The molecule has 2 aromatic heterocycles. The van der Waals surface area contributed by atoms with Crippen molar-refractivity contribution in [1.82, 2.24) is 14.9 Å². The van der Waals surface area contributed by atoms with E-state index in [4.69, 9.17) is 9.26 Å². The van der Waals surface area contributed by atoms with E-state index < -0.39 is 10.0 Å². The molecule has 0 aliphatic heterocycles. The first kappa shape index (κ1) is 18.1. The predicted molar refractivity (Wildman–Crippen MR) is 104 cm³/mol. The number of sulfonamides is 1. The number of methoxy groups -OCH3 is 1. The second kappa shape index (κ2) is 7.01. The molecule has 0 saturated heterocycles. The summed E-state index contributed by atoms with van der Waals surface area (Å²) < 4.78 is 40.6. The highest BCUT2D eigenvalue weighted by Crippen LogP contribution is 2.30. The van der Waals surface area contributed by atoms with Gasteiger partial charge in [0.1, 0.15) is 10.6 Å². The molecular formula is C19H18N4O4S. The van der Waals surface area contributed by atoms with E-state index >= 15 is 0 Å². The van der Waals surface area contributed by atoms with Crippen molar-refractivity contribution in [3.8, 4) is 11.4 Å². The third kappa shape index (κ3) is 3.20. The molecule has 8 nitrogen and oxygen atoms in total. The van der Waals surface area contributed by atoms with Crippen LogP contribution in [0.4, 0.5) is 5.82 Å². The van der Waals surface area contributed by atoms with Gasteiger partial charge in [-0.3, -0.25) is 4.72 Å². The Hall–Kier alpha value is -3.33. The van der Waals surface area contributed by atoms with Crippen LogP contribution in [0.1, 0.15) is 12.5 Å². The van der Waals surface area contributed by atoms with Crippen LogP contribution in [0.3, 0.4) is 0 Å². The van der Waals surface area contributed by atoms with Crippen molar-refractivity contribution in [2.24, 2.45) is 0 Å². The summed E-state index contributed by atoms with van der Waals surface area (Å²) in [7, 11) is -2.49. The lowest BCUT2D eigenvalue weighted by Crippen LogP contribution is -2.15. The Labute approximate surface area is 161 Å². The van der Waals surface area contributed by atoms with Crippen molar-refractivity contribution in [2.75, 3.05) is 11.8 Å². The van der Waals surface area contributed by atoms with Gasteiger partial charge in [0, 0.05) is 18.5 Å². The van der Waals surface area contributed by atoms with Crippen molar-refractivity contribution in [1.29, 1.82) is 0 Å². The quantitative estimate of drug-likeness (QED) is 0.534. The molecule has 144 valence electrons. The summed E-state index contributed by atoms with van der Waals surface area (Å²) in [5, 5.41) is 8.60. The van der Waals surface area contributed by atoms with Crippen LogP contribution in [0, 0.1) is 0 Å². The van der Waals surface area contributed by atoms with Crippen molar-refractivity contribution in [3.63, 3.8) is 0 Å². The molecule has 0 saturated carbocycles. The van der Waals surface area contributed by atoms with Gasteiger partial charge in [-0.25, -0.2) is 13.1 Å². The van der Waals surface area contributed by atoms with Gasteiger partial charge in [-0.15, -0.1) is 0 Å². The third-order valence-electron chi connectivity index (χ3n) is 4.38. The molecule has 0 aliphatic rings. The first-order valence-electron chi connectivity index (χ1n) is 8.61. The number of benzene rings is 2. The Kier molecular flexibility index (Phi) is 4.52. The van der Waals surface area contributed by atoms with E-state index in [0.717, 1.165) is 11.3 Å². The van der Waals surface area contributed by atoms with Gasteiger partial charge in [0.2, 0.25) is 0 Å². The largest absolute Gasteiger partial charge is 0.495 e. The zero-order chi connectivity index (χ0) is 19.7. The standard InChI is InChI=1S/C19H18N4O4S/c1-3-13-5-8-16(26-2)18(11-13)28(24,25)22-19-15-7-6-14(12-17(15)27-21-19)23-10-4-9-20-23/h4-12H,3H2,1-2H3,(H,21,22). The van der Waals surface area contributed by atoms with Gasteiger partial charge in [-0.2, -0.15) is 5.10 Å². The Bertz CT molecular complexity index is 1230. The fourth-order valence-corrected chi connectivity index (χ4v) is 4.13. The summed E-state index contributed by atoms with van der Waals surface area (Å²) in [6.07, 6.45) is 4.17. The first-order valence-corrected chi connectivity index (χ1v) is 10.1. The molecular weight excluding hydrogens is 380 g/mol. The molecule has 0 bridgehead atoms. The van der Waals surface area contributed by atoms with E-state index in [9.17, 15) is 8.42 Å². The Morgan fingerprint density at radius 1 is 1.21 bits per heavy atom. The Morgan fingerprint density at radius 2 is 2.07 bits per heavy atom. The summed E-state index contributed by atoms with van der Waals surface area (Å²) in [6, 6.07) is 12.2. The lowest BCUT2D eigenvalue weighted by atomic mass is 10.2. The van der Waals surface area contributed by atoms with Gasteiger partial charge in [-0.1, -0.05) is 18.1 Å². The van der Waals surface area contributed by atoms with Gasteiger partial charge in [0.25, 0.3) is 10.0 Å². The molecule has 28 heavy (non-hydrogen) atoms. The molecule has 4 aromatic rings. The number of aryl methyl sites for hydroxylation is 1. The molecule has 0 atom stereocenters. The highest BCUT2D eigenvalue weighted by molar-refractivity contribution is 7.92. The molecule has 9 heteroatoms. The number of anilines is 1. The minimum atomic E-state index is -3.92.